The average molecular weight is 535 g/mol. The van der Waals surface area contributed by atoms with E-state index in [-0.39, 0.29) is 10.1 Å². The van der Waals surface area contributed by atoms with E-state index in [0.29, 0.717) is 21.7 Å². The Morgan fingerprint density at radius 1 is 1.16 bits per heavy atom. The molecule has 0 amide bonds. The Hall–Kier alpha value is -2.46. The molecule has 0 aliphatic heterocycles. The number of furan rings is 1. The SMILES string of the molecule is O=C(O)/C(=C/c1cc(Br)c(Sc2ccccc2)o1)Sc1n[nH]c(-c2ccc(Cl)cc2)n1. The number of carbonyl (C=O) groups is 1. The van der Waals surface area contributed by atoms with Gasteiger partial charge in [0.05, 0.1) is 4.47 Å². The molecule has 0 fully saturated rings. The first-order chi connectivity index (χ1) is 15.0. The number of hydrogen-bond donors (Lipinski definition) is 2. The Morgan fingerprint density at radius 2 is 1.90 bits per heavy atom. The molecule has 0 bridgehead atoms. The summed E-state index contributed by atoms with van der Waals surface area (Å²) in [6.07, 6.45) is 1.45. The van der Waals surface area contributed by atoms with Crippen LogP contribution < -0.4 is 0 Å². The molecule has 0 aliphatic rings. The van der Waals surface area contributed by atoms with Gasteiger partial charge in [-0.2, -0.15) is 0 Å². The molecule has 4 aromatic rings. The molecule has 10 heteroatoms. The van der Waals surface area contributed by atoms with Crippen molar-refractivity contribution < 1.29 is 14.3 Å². The molecular formula is C21H13BrClN3O3S2. The van der Waals surface area contributed by atoms with Crippen molar-refractivity contribution in [2.75, 3.05) is 0 Å². The van der Waals surface area contributed by atoms with Crippen LogP contribution in [0.2, 0.25) is 5.02 Å². The number of benzene rings is 2. The molecule has 31 heavy (non-hydrogen) atoms. The first-order valence-corrected chi connectivity index (χ1v) is 11.6. The van der Waals surface area contributed by atoms with Crippen molar-refractivity contribution in [1.82, 2.24) is 15.2 Å². The molecule has 2 aromatic carbocycles. The topological polar surface area (TPSA) is 92.0 Å². The third-order valence-corrected chi connectivity index (χ3v) is 6.87. The fourth-order valence-corrected chi connectivity index (χ4v) is 4.66. The number of aromatic nitrogens is 3. The van der Waals surface area contributed by atoms with E-state index in [1.54, 1.807) is 30.3 Å². The lowest BCUT2D eigenvalue weighted by atomic mass is 10.2. The van der Waals surface area contributed by atoms with Crippen LogP contribution >= 0.6 is 51.1 Å². The van der Waals surface area contributed by atoms with Gasteiger partial charge in [0.15, 0.2) is 10.9 Å². The number of nitrogens with zero attached hydrogens (tertiary/aromatic N) is 2. The summed E-state index contributed by atoms with van der Waals surface area (Å²) in [5.41, 5.74) is 0.794. The van der Waals surface area contributed by atoms with Crippen molar-refractivity contribution >= 4 is 63.1 Å². The number of H-pyrrole nitrogens is 1. The van der Waals surface area contributed by atoms with Crippen molar-refractivity contribution in [1.29, 1.82) is 0 Å². The summed E-state index contributed by atoms with van der Waals surface area (Å²) in [5, 5.41) is 18.1. The van der Waals surface area contributed by atoms with Crippen molar-refractivity contribution in [3.05, 3.63) is 80.8 Å². The number of aromatic amines is 1. The van der Waals surface area contributed by atoms with E-state index >= 15 is 0 Å². The van der Waals surface area contributed by atoms with Gasteiger partial charge in [0.25, 0.3) is 0 Å². The first kappa shape index (κ1) is 21.8. The minimum Gasteiger partial charge on any atom is -0.477 e. The van der Waals surface area contributed by atoms with E-state index in [1.165, 1.54) is 17.8 Å². The summed E-state index contributed by atoms with van der Waals surface area (Å²) >= 11 is 11.7. The van der Waals surface area contributed by atoms with Gasteiger partial charge in [0.2, 0.25) is 5.16 Å². The van der Waals surface area contributed by atoms with Crippen molar-refractivity contribution in [3.8, 4) is 11.4 Å². The number of nitrogens with one attached hydrogen (secondary N) is 1. The van der Waals surface area contributed by atoms with Gasteiger partial charge >= 0.3 is 5.97 Å². The third kappa shape index (κ3) is 5.62. The maximum Gasteiger partial charge on any atom is 0.342 e. The van der Waals surface area contributed by atoms with E-state index in [1.807, 2.05) is 30.3 Å². The molecule has 0 aliphatic carbocycles. The number of rotatable bonds is 7. The molecule has 0 unspecified atom stereocenters. The highest BCUT2D eigenvalue weighted by Gasteiger charge is 2.17. The normalized spacial score (nSPS) is 11.6. The lowest BCUT2D eigenvalue weighted by molar-refractivity contribution is -0.131. The molecular weight excluding hydrogens is 522 g/mol. The van der Waals surface area contributed by atoms with Crippen molar-refractivity contribution in [2.45, 2.75) is 15.1 Å². The van der Waals surface area contributed by atoms with Gasteiger partial charge in [0, 0.05) is 21.6 Å². The highest BCUT2D eigenvalue weighted by Crippen LogP contribution is 2.37. The second-order valence-electron chi connectivity index (χ2n) is 6.09. The highest BCUT2D eigenvalue weighted by molar-refractivity contribution is 9.10. The second-order valence-corrected chi connectivity index (χ2v) is 9.43. The molecule has 2 N–H and O–H groups in total. The van der Waals surface area contributed by atoms with Gasteiger partial charge in [0.1, 0.15) is 10.7 Å². The third-order valence-electron chi connectivity index (χ3n) is 3.90. The summed E-state index contributed by atoms with van der Waals surface area (Å²) in [4.78, 5) is 17.2. The van der Waals surface area contributed by atoms with Crippen LogP contribution in [0.1, 0.15) is 5.76 Å². The summed E-state index contributed by atoms with van der Waals surface area (Å²) in [5.74, 6) is -0.178. The summed E-state index contributed by atoms with van der Waals surface area (Å²) in [6.45, 7) is 0. The molecule has 6 nitrogen and oxygen atoms in total. The maximum atomic E-state index is 11.8. The van der Waals surface area contributed by atoms with Gasteiger partial charge in [-0.1, -0.05) is 41.6 Å². The molecule has 0 atom stereocenters. The van der Waals surface area contributed by atoms with Crippen molar-refractivity contribution in [2.24, 2.45) is 0 Å². The number of carboxylic acids is 1. The Balaban J connectivity index is 1.54. The maximum absolute atomic E-state index is 11.8. The summed E-state index contributed by atoms with van der Waals surface area (Å²) in [7, 11) is 0. The Bertz CT molecular complexity index is 1240. The largest absolute Gasteiger partial charge is 0.477 e. The Kier molecular flexibility index (Phi) is 6.86. The molecule has 4 rings (SSSR count). The number of hydrogen-bond acceptors (Lipinski definition) is 6. The van der Waals surface area contributed by atoms with Crippen LogP contribution in [0, 0.1) is 0 Å². The molecule has 2 heterocycles. The van der Waals surface area contributed by atoms with E-state index in [2.05, 4.69) is 31.1 Å². The van der Waals surface area contributed by atoms with Crippen LogP contribution in [0.15, 0.2) is 89.6 Å². The number of carboxylic acid groups (broad SMARTS) is 1. The minimum atomic E-state index is -1.10. The van der Waals surface area contributed by atoms with Gasteiger partial charge in [-0.25, -0.2) is 9.78 Å². The molecule has 0 radical (unpaired) electrons. The number of aliphatic carboxylic acids is 1. The van der Waals surface area contributed by atoms with Crippen LogP contribution in [0.3, 0.4) is 0 Å². The lowest BCUT2D eigenvalue weighted by Gasteiger charge is -1.99. The minimum absolute atomic E-state index is 0.0270. The van der Waals surface area contributed by atoms with Gasteiger partial charge < -0.3 is 9.52 Å². The molecule has 156 valence electrons. The number of thioether (sulfide) groups is 1. The van der Waals surface area contributed by atoms with E-state index in [9.17, 15) is 9.90 Å². The smallest absolute Gasteiger partial charge is 0.342 e. The summed E-state index contributed by atoms with van der Waals surface area (Å²) in [6, 6.07) is 18.6. The van der Waals surface area contributed by atoms with Crippen LogP contribution in [0.5, 0.6) is 0 Å². The van der Waals surface area contributed by atoms with Crippen molar-refractivity contribution in [3.63, 3.8) is 0 Å². The standard InChI is InChI=1S/C21H13BrClN3O3S2/c22-16-10-14(29-20(16)30-15-4-2-1-3-5-15)11-17(19(27)28)31-21-24-18(25-26-21)12-6-8-13(23)9-7-12/h1-11H,(H,27,28)(H,24,25,26)/b17-11-. The molecule has 0 saturated carbocycles. The zero-order valence-corrected chi connectivity index (χ0v) is 19.6. The van der Waals surface area contributed by atoms with Crippen LogP contribution in [0.25, 0.3) is 17.5 Å². The second kappa shape index (κ2) is 9.78. The van der Waals surface area contributed by atoms with Gasteiger partial charge in [-0.3, -0.25) is 5.10 Å². The predicted molar refractivity (Wildman–Crippen MR) is 125 cm³/mol. The molecule has 0 spiro atoms. The van der Waals surface area contributed by atoms with Crippen LogP contribution in [0.4, 0.5) is 0 Å². The van der Waals surface area contributed by atoms with E-state index < -0.39 is 5.97 Å². The van der Waals surface area contributed by atoms with Crippen LogP contribution in [-0.2, 0) is 4.79 Å². The Morgan fingerprint density at radius 3 is 2.61 bits per heavy atom. The zero-order valence-electron chi connectivity index (χ0n) is 15.6. The molecule has 0 saturated heterocycles. The first-order valence-electron chi connectivity index (χ1n) is 8.81. The zero-order chi connectivity index (χ0) is 21.8. The molecule has 2 aromatic heterocycles. The van der Waals surface area contributed by atoms with E-state index in [0.717, 1.165) is 26.7 Å². The summed E-state index contributed by atoms with van der Waals surface area (Å²) < 4.78 is 6.57. The number of halogens is 2. The fourth-order valence-electron chi connectivity index (χ4n) is 2.50. The average Bonchev–Trinajstić information content (AvgIpc) is 3.35. The quantitative estimate of drug-likeness (QED) is 0.198. The van der Waals surface area contributed by atoms with Crippen LogP contribution in [-0.4, -0.2) is 26.3 Å². The Labute approximate surface area is 199 Å². The fraction of sp³-hybridized carbons (Fsp3) is 0. The van der Waals surface area contributed by atoms with Gasteiger partial charge in [-0.05, 0) is 70.2 Å². The predicted octanol–water partition coefficient (Wildman–Crippen LogP) is 6.85. The van der Waals surface area contributed by atoms with E-state index in [4.69, 9.17) is 16.0 Å². The highest BCUT2D eigenvalue weighted by atomic mass is 79.9. The van der Waals surface area contributed by atoms with Gasteiger partial charge in [-0.15, -0.1) is 5.10 Å². The monoisotopic (exact) mass is 533 g/mol. The lowest BCUT2D eigenvalue weighted by Crippen LogP contribution is -1.97.